The lowest BCUT2D eigenvalue weighted by atomic mass is 10.3. The molecule has 18 heavy (non-hydrogen) atoms. The lowest BCUT2D eigenvalue weighted by Gasteiger charge is -2.16. The standard InChI is InChI=1S/C12H22N4OS/c1-4-6-17-12-10(13)11(14-8-15-12)16-9(3)7-18-5-2/h8-9H,4-7,13H2,1-3H3,(H,14,15,16). The highest BCUT2D eigenvalue weighted by Gasteiger charge is 2.11. The maximum atomic E-state index is 5.98. The molecule has 1 atom stereocenters. The van der Waals surface area contributed by atoms with E-state index in [2.05, 4.69) is 29.1 Å². The van der Waals surface area contributed by atoms with Crippen molar-refractivity contribution in [2.24, 2.45) is 0 Å². The second-order valence-electron chi connectivity index (χ2n) is 3.99. The minimum atomic E-state index is 0.311. The highest BCUT2D eigenvalue weighted by Crippen LogP contribution is 2.25. The van der Waals surface area contributed by atoms with Crippen molar-refractivity contribution < 1.29 is 4.74 Å². The van der Waals surface area contributed by atoms with E-state index in [0.29, 0.717) is 30.0 Å². The number of ether oxygens (including phenoxy) is 1. The molecule has 102 valence electrons. The number of hydrogen-bond acceptors (Lipinski definition) is 6. The molecule has 0 aliphatic heterocycles. The fourth-order valence-electron chi connectivity index (χ4n) is 1.38. The number of rotatable bonds is 8. The largest absolute Gasteiger partial charge is 0.476 e. The van der Waals surface area contributed by atoms with E-state index >= 15 is 0 Å². The van der Waals surface area contributed by atoms with Gasteiger partial charge in [0.25, 0.3) is 0 Å². The van der Waals surface area contributed by atoms with Crippen LogP contribution in [0.5, 0.6) is 5.88 Å². The van der Waals surface area contributed by atoms with Crippen molar-refractivity contribution in [2.45, 2.75) is 33.2 Å². The zero-order valence-electron chi connectivity index (χ0n) is 11.3. The number of nitrogens with zero attached hydrogens (tertiary/aromatic N) is 2. The normalized spacial score (nSPS) is 12.2. The van der Waals surface area contributed by atoms with Crippen LogP contribution in [-0.4, -0.2) is 34.1 Å². The van der Waals surface area contributed by atoms with E-state index in [1.165, 1.54) is 6.33 Å². The van der Waals surface area contributed by atoms with Gasteiger partial charge >= 0.3 is 0 Å². The molecule has 1 aromatic heterocycles. The van der Waals surface area contributed by atoms with E-state index in [1.807, 2.05) is 18.7 Å². The van der Waals surface area contributed by atoms with Gasteiger partial charge in [-0.25, -0.2) is 4.98 Å². The first-order chi connectivity index (χ1) is 8.69. The van der Waals surface area contributed by atoms with Crippen LogP contribution in [0.1, 0.15) is 27.2 Å². The van der Waals surface area contributed by atoms with Crippen LogP contribution < -0.4 is 15.8 Å². The third-order valence-electron chi connectivity index (χ3n) is 2.25. The molecule has 0 fully saturated rings. The van der Waals surface area contributed by atoms with Crippen LogP contribution >= 0.6 is 11.8 Å². The third-order valence-corrected chi connectivity index (χ3v) is 3.39. The Bertz CT molecular complexity index is 362. The molecular formula is C12H22N4OS. The fourth-order valence-corrected chi connectivity index (χ4v) is 2.05. The minimum Gasteiger partial charge on any atom is -0.476 e. The van der Waals surface area contributed by atoms with E-state index in [0.717, 1.165) is 17.9 Å². The predicted molar refractivity (Wildman–Crippen MR) is 78.3 cm³/mol. The van der Waals surface area contributed by atoms with Gasteiger partial charge in [0.15, 0.2) is 5.82 Å². The lowest BCUT2D eigenvalue weighted by molar-refractivity contribution is 0.306. The van der Waals surface area contributed by atoms with E-state index < -0.39 is 0 Å². The third kappa shape index (κ3) is 4.60. The van der Waals surface area contributed by atoms with Crippen LogP contribution in [0.15, 0.2) is 6.33 Å². The van der Waals surface area contributed by atoms with Gasteiger partial charge in [0.1, 0.15) is 12.0 Å². The number of thioether (sulfide) groups is 1. The first kappa shape index (κ1) is 14.9. The number of anilines is 2. The van der Waals surface area contributed by atoms with Gasteiger partial charge in [-0.3, -0.25) is 0 Å². The molecule has 0 saturated carbocycles. The maximum absolute atomic E-state index is 5.98. The average molecular weight is 270 g/mol. The van der Waals surface area contributed by atoms with Crippen molar-refractivity contribution in [3.63, 3.8) is 0 Å². The zero-order chi connectivity index (χ0) is 13.4. The number of nitrogens with one attached hydrogen (secondary N) is 1. The second kappa shape index (κ2) is 8.02. The van der Waals surface area contributed by atoms with Crippen molar-refractivity contribution >= 4 is 23.3 Å². The summed E-state index contributed by atoms with van der Waals surface area (Å²) < 4.78 is 5.47. The van der Waals surface area contributed by atoms with Crippen LogP contribution in [0.3, 0.4) is 0 Å². The summed E-state index contributed by atoms with van der Waals surface area (Å²) in [6, 6.07) is 0.311. The summed E-state index contributed by atoms with van der Waals surface area (Å²) in [5, 5.41) is 3.28. The molecule has 6 heteroatoms. The van der Waals surface area contributed by atoms with Gasteiger partial charge in [-0.15, -0.1) is 0 Å². The highest BCUT2D eigenvalue weighted by molar-refractivity contribution is 7.99. The molecule has 0 aromatic carbocycles. The molecule has 0 radical (unpaired) electrons. The molecule has 0 bridgehead atoms. The van der Waals surface area contributed by atoms with E-state index in [1.54, 1.807) is 0 Å². The Hall–Kier alpha value is -1.17. The average Bonchev–Trinajstić information content (AvgIpc) is 2.37. The Morgan fingerprint density at radius 1 is 1.44 bits per heavy atom. The summed E-state index contributed by atoms with van der Waals surface area (Å²) >= 11 is 1.88. The number of aromatic nitrogens is 2. The van der Waals surface area contributed by atoms with Crippen LogP contribution in [0.25, 0.3) is 0 Å². The fraction of sp³-hybridized carbons (Fsp3) is 0.667. The molecular weight excluding hydrogens is 248 g/mol. The molecule has 0 aliphatic rings. The van der Waals surface area contributed by atoms with Crippen molar-refractivity contribution in [1.29, 1.82) is 0 Å². The van der Waals surface area contributed by atoms with Crippen LogP contribution in [-0.2, 0) is 0 Å². The van der Waals surface area contributed by atoms with Crippen molar-refractivity contribution in [3.8, 4) is 5.88 Å². The van der Waals surface area contributed by atoms with E-state index in [-0.39, 0.29) is 0 Å². The number of hydrogen-bond donors (Lipinski definition) is 2. The van der Waals surface area contributed by atoms with E-state index in [9.17, 15) is 0 Å². The van der Waals surface area contributed by atoms with Crippen LogP contribution in [0.2, 0.25) is 0 Å². The summed E-state index contributed by atoms with van der Waals surface area (Å²) in [6.45, 7) is 6.91. The smallest absolute Gasteiger partial charge is 0.242 e. The number of nitrogen functional groups attached to an aromatic ring is 1. The quantitative estimate of drug-likeness (QED) is 0.755. The lowest BCUT2D eigenvalue weighted by Crippen LogP contribution is -2.20. The number of nitrogens with two attached hydrogens (primary N) is 1. The van der Waals surface area contributed by atoms with Gasteiger partial charge in [0, 0.05) is 11.8 Å². The minimum absolute atomic E-state index is 0.311. The first-order valence-corrected chi connectivity index (χ1v) is 7.42. The van der Waals surface area contributed by atoms with Gasteiger partial charge < -0.3 is 15.8 Å². The van der Waals surface area contributed by atoms with Crippen LogP contribution in [0, 0.1) is 0 Å². The van der Waals surface area contributed by atoms with Crippen molar-refractivity contribution in [2.75, 3.05) is 29.2 Å². The molecule has 5 nitrogen and oxygen atoms in total. The first-order valence-electron chi connectivity index (χ1n) is 6.26. The van der Waals surface area contributed by atoms with Gasteiger partial charge in [-0.1, -0.05) is 13.8 Å². The highest BCUT2D eigenvalue weighted by atomic mass is 32.2. The van der Waals surface area contributed by atoms with Gasteiger partial charge in [0.05, 0.1) is 6.61 Å². The molecule has 3 N–H and O–H groups in total. The van der Waals surface area contributed by atoms with Gasteiger partial charge in [-0.05, 0) is 19.1 Å². The molecule has 1 rings (SSSR count). The van der Waals surface area contributed by atoms with Crippen molar-refractivity contribution in [3.05, 3.63) is 6.33 Å². The summed E-state index contributed by atoms with van der Waals surface area (Å²) in [6.07, 6.45) is 2.40. The summed E-state index contributed by atoms with van der Waals surface area (Å²) in [4.78, 5) is 8.20. The topological polar surface area (TPSA) is 73.1 Å². The Morgan fingerprint density at radius 2 is 2.22 bits per heavy atom. The summed E-state index contributed by atoms with van der Waals surface area (Å²) in [7, 11) is 0. The Morgan fingerprint density at radius 3 is 2.89 bits per heavy atom. The monoisotopic (exact) mass is 270 g/mol. The van der Waals surface area contributed by atoms with Gasteiger partial charge in [0.2, 0.25) is 5.88 Å². The van der Waals surface area contributed by atoms with E-state index in [4.69, 9.17) is 10.5 Å². The Labute approximate surface area is 113 Å². The van der Waals surface area contributed by atoms with Crippen molar-refractivity contribution in [1.82, 2.24) is 9.97 Å². The maximum Gasteiger partial charge on any atom is 0.242 e. The molecule has 1 unspecified atom stereocenters. The molecule has 0 amide bonds. The second-order valence-corrected chi connectivity index (χ2v) is 5.31. The summed E-state index contributed by atoms with van der Waals surface area (Å²) in [5.74, 6) is 3.24. The van der Waals surface area contributed by atoms with Crippen LogP contribution in [0.4, 0.5) is 11.5 Å². The zero-order valence-corrected chi connectivity index (χ0v) is 12.1. The molecule has 0 aliphatic carbocycles. The Kier molecular flexibility index (Phi) is 6.64. The molecule has 1 heterocycles. The summed E-state index contributed by atoms with van der Waals surface area (Å²) in [5.41, 5.74) is 6.47. The van der Waals surface area contributed by atoms with Gasteiger partial charge in [-0.2, -0.15) is 16.7 Å². The molecule has 0 spiro atoms. The Balaban J connectivity index is 2.64. The molecule has 0 saturated heterocycles. The SMILES string of the molecule is CCCOc1ncnc(NC(C)CSCC)c1N. The molecule has 1 aromatic rings. The predicted octanol–water partition coefficient (Wildman–Crippen LogP) is 2.40.